The van der Waals surface area contributed by atoms with Crippen molar-refractivity contribution < 1.29 is 9.15 Å². The maximum absolute atomic E-state index is 5.37. The van der Waals surface area contributed by atoms with Crippen molar-refractivity contribution in [3.63, 3.8) is 0 Å². The molecule has 0 radical (unpaired) electrons. The zero-order valence-electron chi connectivity index (χ0n) is 11.2. The molecule has 1 aliphatic heterocycles. The fourth-order valence-electron chi connectivity index (χ4n) is 2.26. The van der Waals surface area contributed by atoms with Crippen LogP contribution in [0.15, 0.2) is 22.8 Å². The molecule has 2 heterocycles. The Morgan fingerprint density at radius 3 is 3.11 bits per heavy atom. The summed E-state index contributed by atoms with van der Waals surface area (Å²) in [7, 11) is 0. The molecule has 0 spiro atoms. The highest BCUT2D eigenvalue weighted by Crippen LogP contribution is 2.10. The Kier molecular flexibility index (Phi) is 5.71. The summed E-state index contributed by atoms with van der Waals surface area (Å²) in [4.78, 5) is 2.39. The lowest BCUT2D eigenvalue weighted by molar-refractivity contribution is 0.184. The predicted molar refractivity (Wildman–Crippen MR) is 71.5 cm³/mol. The zero-order valence-corrected chi connectivity index (χ0v) is 11.2. The van der Waals surface area contributed by atoms with Crippen LogP contribution in [0.3, 0.4) is 0 Å². The van der Waals surface area contributed by atoms with E-state index in [1.54, 1.807) is 6.26 Å². The molecule has 2 rings (SSSR count). The second-order valence-electron chi connectivity index (χ2n) is 4.88. The van der Waals surface area contributed by atoms with E-state index < -0.39 is 0 Å². The minimum absolute atomic E-state index is 0.713. The molecule has 1 unspecified atom stereocenters. The van der Waals surface area contributed by atoms with Crippen LogP contribution in [0, 0.1) is 5.92 Å². The van der Waals surface area contributed by atoms with Gasteiger partial charge in [0, 0.05) is 26.2 Å². The zero-order chi connectivity index (χ0) is 12.6. The molecule has 0 aliphatic carbocycles. The van der Waals surface area contributed by atoms with Crippen LogP contribution in [0.1, 0.15) is 19.1 Å². The monoisotopic (exact) mass is 252 g/mol. The molecule has 18 heavy (non-hydrogen) atoms. The third-order valence-electron chi connectivity index (χ3n) is 3.47. The van der Waals surface area contributed by atoms with Crippen LogP contribution < -0.4 is 5.32 Å². The van der Waals surface area contributed by atoms with E-state index in [-0.39, 0.29) is 0 Å². The van der Waals surface area contributed by atoms with Crippen molar-refractivity contribution in [1.82, 2.24) is 10.2 Å². The molecule has 4 nitrogen and oxygen atoms in total. The Morgan fingerprint density at radius 2 is 2.44 bits per heavy atom. The minimum atomic E-state index is 0.713. The van der Waals surface area contributed by atoms with E-state index in [1.807, 2.05) is 12.1 Å². The van der Waals surface area contributed by atoms with Crippen molar-refractivity contribution in [2.75, 3.05) is 39.4 Å². The van der Waals surface area contributed by atoms with Gasteiger partial charge in [-0.1, -0.05) is 6.92 Å². The summed E-state index contributed by atoms with van der Waals surface area (Å²) in [6.07, 6.45) is 2.94. The van der Waals surface area contributed by atoms with Crippen molar-refractivity contribution in [2.24, 2.45) is 5.92 Å². The van der Waals surface area contributed by atoms with Crippen molar-refractivity contribution in [1.29, 1.82) is 0 Å². The van der Waals surface area contributed by atoms with E-state index in [0.29, 0.717) is 5.92 Å². The molecule has 0 aromatic carbocycles. The van der Waals surface area contributed by atoms with E-state index in [1.165, 1.54) is 6.42 Å². The van der Waals surface area contributed by atoms with Gasteiger partial charge in [0.1, 0.15) is 5.76 Å². The maximum atomic E-state index is 5.37. The number of hydrogen-bond donors (Lipinski definition) is 1. The molecular formula is C14H24N2O2. The fourth-order valence-corrected chi connectivity index (χ4v) is 2.26. The van der Waals surface area contributed by atoms with Crippen LogP contribution in [0.4, 0.5) is 0 Å². The molecule has 0 saturated carbocycles. The first-order chi connectivity index (χ1) is 8.88. The third-order valence-corrected chi connectivity index (χ3v) is 3.47. The van der Waals surface area contributed by atoms with Gasteiger partial charge >= 0.3 is 0 Å². The van der Waals surface area contributed by atoms with Gasteiger partial charge in [0.05, 0.1) is 19.4 Å². The van der Waals surface area contributed by atoms with Crippen molar-refractivity contribution in [3.8, 4) is 0 Å². The summed E-state index contributed by atoms with van der Waals surface area (Å²) >= 11 is 0. The molecule has 1 saturated heterocycles. The molecule has 0 bridgehead atoms. The number of likely N-dealkylation sites (N-methyl/N-ethyl adjacent to an activating group) is 1. The van der Waals surface area contributed by atoms with E-state index in [4.69, 9.17) is 9.15 Å². The van der Waals surface area contributed by atoms with E-state index in [0.717, 1.165) is 51.7 Å². The second kappa shape index (κ2) is 7.56. The quantitative estimate of drug-likeness (QED) is 0.715. The van der Waals surface area contributed by atoms with Crippen molar-refractivity contribution in [2.45, 2.75) is 19.9 Å². The highest BCUT2D eigenvalue weighted by Gasteiger charge is 2.14. The normalized spacial score (nSPS) is 19.8. The lowest BCUT2D eigenvalue weighted by Gasteiger charge is -2.19. The van der Waals surface area contributed by atoms with E-state index in [2.05, 4.69) is 17.1 Å². The third kappa shape index (κ3) is 4.44. The molecule has 1 atom stereocenters. The lowest BCUT2D eigenvalue weighted by atomic mass is 10.1. The molecule has 4 heteroatoms. The van der Waals surface area contributed by atoms with Crippen LogP contribution in [0.25, 0.3) is 0 Å². The van der Waals surface area contributed by atoms with Gasteiger partial charge < -0.3 is 14.5 Å². The van der Waals surface area contributed by atoms with Crippen LogP contribution in [-0.4, -0.2) is 44.3 Å². The molecule has 1 fully saturated rings. The Balaban J connectivity index is 1.58. The Labute approximate surface area is 109 Å². The number of nitrogens with one attached hydrogen (secondary N) is 1. The average molecular weight is 252 g/mol. The molecule has 0 amide bonds. The summed E-state index contributed by atoms with van der Waals surface area (Å²) in [5, 5.41) is 3.52. The van der Waals surface area contributed by atoms with Gasteiger partial charge in [0.2, 0.25) is 0 Å². The standard InChI is InChI=1S/C14H24N2O2/c1-2-16(11-14-4-3-8-18-14)7-6-15-10-13-5-9-17-12-13/h3-4,8,13,15H,2,5-7,9-12H2,1H3. The molecular weight excluding hydrogens is 228 g/mol. The topological polar surface area (TPSA) is 37.6 Å². The molecule has 1 aromatic rings. The number of ether oxygens (including phenoxy) is 1. The SMILES string of the molecule is CCN(CCNCC1CCOC1)Cc1ccco1. The van der Waals surface area contributed by atoms with Crippen LogP contribution >= 0.6 is 0 Å². The van der Waals surface area contributed by atoms with Crippen molar-refractivity contribution in [3.05, 3.63) is 24.2 Å². The first kappa shape index (κ1) is 13.6. The first-order valence-corrected chi connectivity index (χ1v) is 6.91. The Hall–Kier alpha value is -0.840. The van der Waals surface area contributed by atoms with Gasteiger partial charge in [-0.15, -0.1) is 0 Å². The number of hydrogen-bond acceptors (Lipinski definition) is 4. The van der Waals surface area contributed by atoms with Gasteiger partial charge in [0.15, 0.2) is 0 Å². The van der Waals surface area contributed by atoms with Crippen LogP contribution in [0.2, 0.25) is 0 Å². The minimum Gasteiger partial charge on any atom is -0.468 e. The summed E-state index contributed by atoms with van der Waals surface area (Å²) in [6, 6.07) is 3.98. The van der Waals surface area contributed by atoms with Gasteiger partial charge in [-0.05, 0) is 31.0 Å². The fraction of sp³-hybridized carbons (Fsp3) is 0.714. The van der Waals surface area contributed by atoms with E-state index in [9.17, 15) is 0 Å². The highest BCUT2D eigenvalue weighted by atomic mass is 16.5. The van der Waals surface area contributed by atoms with Gasteiger partial charge in [-0.3, -0.25) is 4.90 Å². The summed E-state index contributed by atoms with van der Waals surface area (Å²) in [5.74, 6) is 1.76. The maximum Gasteiger partial charge on any atom is 0.117 e. The Bertz CT molecular complexity index is 308. The van der Waals surface area contributed by atoms with Crippen LogP contribution in [-0.2, 0) is 11.3 Å². The van der Waals surface area contributed by atoms with E-state index >= 15 is 0 Å². The van der Waals surface area contributed by atoms with Gasteiger partial charge in [-0.2, -0.15) is 0 Å². The first-order valence-electron chi connectivity index (χ1n) is 6.91. The molecule has 102 valence electrons. The Morgan fingerprint density at radius 1 is 1.50 bits per heavy atom. The smallest absolute Gasteiger partial charge is 0.117 e. The molecule has 1 aromatic heterocycles. The predicted octanol–water partition coefficient (Wildman–Crippen LogP) is 1.73. The summed E-state index contributed by atoms with van der Waals surface area (Å²) in [5.41, 5.74) is 0. The summed E-state index contributed by atoms with van der Waals surface area (Å²) < 4.78 is 10.7. The van der Waals surface area contributed by atoms with Gasteiger partial charge in [0.25, 0.3) is 0 Å². The summed E-state index contributed by atoms with van der Waals surface area (Å²) in [6.45, 7) is 9.18. The van der Waals surface area contributed by atoms with Crippen LogP contribution in [0.5, 0.6) is 0 Å². The van der Waals surface area contributed by atoms with Gasteiger partial charge in [-0.25, -0.2) is 0 Å². The number of furan rings is 1. The lowest BCUT2D eigenvalue weighted by Crippen LogP contribution is -2.33. The number of rotatable bonds is 8. The number of nitrogens with zero attached hydrogens (tertiary/aromatic N) is 1. The second-order valence-corrected chi connectivity index (χ2v) is 4.88. The molecule has 1 aliphatic rings. The highest BCUT2D eigenvalue weighted by molar-refractivity contribution is 4.97. The average Bonchev–Trinajstić information content (AvgIpc) is 3.06. The van der Waals surface area contributed by atoms with Crippen molar-refractivity contribution >= 4 is 0 Å². The largest absolute Gasteiger partial charge is 0.468 e. The molecule has 1 N–H and O–H groups in total.